The van der Waals surface area contributed by atoms with Gasteiger partial charge < -0.3 is 9.84 Å². The maximum atomic E-state index is 12.5. The van der Waals surface area contributed by atoms with Gasteiger partial charge in [0.15, 0.2) is 5.01 Å². The third-order valence-corrected chi connectivity index (χ3v) is 4.52. The second kappa shape index (κ2) is 5.31. The lowest BCUT2D eigenvalue weighted by Crippen LogP contribution is -2.26. The third-order valence-electron chi connectivity index (χ3n) is 3.41. The number of hydrogen-bond acceptors (Lipinski definition) is 4. The zero-order valence-corrected chi connectivity index (χ0v) is 11.6. The van der Waals surface area contributed by atoms with Crippen LogP contribution in [-0.2, 0) is 12.6 Å². The second-order valence-corrected chi connectivity index (χ2v) is 5.96. The van der Waals surface area contributed by atoms with Crippen LogP contribution in [-0.4, -0.2) is 16.7 Å². The van der Waals surface area contributed by atoms with E-state index in [9.17, 15) is 18.3 Å². The van der Waals surface area contributed by atoms with E-state index in [0.29, 0.717) is 17.8 Å². The minimum Gasteiger partial charge on any atom is -0.493 e. The topological polar surface area (TPSA) is 42.4 Å². The largest absolute Gasteiger partial charge is 0.493 e. The van der Waals surface area contributed by atoms with E-state index in [1.54, 1.807) is 0 Å². The van der Waals surface area contributed by atoms with Gasteiger partial charge in [-0.25, -0.2) is 4.98 Å². The number of para-hydroxylation sites is 1. The minimum absolute atomic E-state index is 0.218. The van der Waals surface area contributed by atoms with Crippen molar-refractivity contribution < 1.29 is 23.0 Å². The Morgan fingerprint density at radius 3 is 2.81 bits per heavy atom. The molecule has 1 aromatic heterocycles. The molecule has 0 amide bonds. The summed E-state index contributed by atoms with van der Waals surface area (Å²) >= 11 is 0.481. The summed E-state index contributed by atoms with van der Waals surface area (Å²) in [6, 6.07) is 7.45. The van der Waals surface area contributed by atoms with E-state index in [4.69, 9.17) is 4.74 Å². The van der Waals surface area contributed by atoms with Gasteiger partial charge in [0.1, 0.15) is 5.75 Å². The normalized spacial score (nSPS) is 19.7. The highest BCUT2D eigenvalue weighted by molar-refractivity contribution is 7.11. The highest BCUT2D eigenvalue weighted by atomic mass is 32.1. The molecule has 0 bridgehead atoms. The van der Waals surface area contributed by atoms with Crippen molar-refractivity contribution in [3.8, 4) is 5.75 Å². The summed E-state index contributed by atoms with van der Waals surface area (Å²) in [5.41, 5.74) is 0.952. The quantitative estimate of drug-likeness (QED) is 0.923. The Bertz CT molecular complexity index is 641. The maximum absolute atomic E-state index is 12.5. The monoisotopic (exact) mass is 315 g/mol. The van der Waals surface area contributed by atoms with Crippen LogP contribution in [0.25, 0.3) is 0 Å². The molecule has 1 aliphatic heterocycles. The number of rotatable bonds is 2. The Hall–Kier alpha value is -1.60. The maximum Gasteiger partial charge on any atom is 0.443 e. The van der Waals surface area contributed by atoms with Crippen molar-refractivity contribution in [2.75, 3.05) is 6.61 Å². The molecule has 0 radical (unpaired) electrons. The molecule has 1 aliphatic rings. The van der Waals surface area contributed by atoms with Crippen LogP contribution in [0.5, 0.6) is 5.75 Å². The Balaban J connectivity index is 1.77. The average molecular weight is 315 g/mol. The first-order valence-electron chi connectivity index (χ1n) is 6.37. The number of aliphatic hydroxyl groups excluding tert-OH is 1. The van der Waals surface area contributed by atoms with Crippen LogP contribution in [0.15, 0.2) is 30.5 Å². The summed E-state index contributed by atoms with van der Waals surface area (Å²) in [4.78, 5) is 3.56. The van der Waals surface area contributed by atoms with E-state index in [-0.39, 0.29) is 17.4 Å². The van der Waals surface area contributed by atoms with Crippen LogP contribution < -0.4 is 4.74 Å². The lowest BCUT2D eigenvalue weighted by molar-refractivity contribution is -0.137. The van der Waals surface area contributed by atoms with Gasteiger partial charge in [-0.3, -0.25) is 0 Å². The highest BCUT2D eigenvalue weighted by Crippen LogP contribution is 2.38. The molecule has 3 rings (SSSR count). The van der Waals surface area contributed by atoms with Gasteiger partial charge >= 0.3 is 6.18 Å². The molecular formula is C14H12F3NO2S. The Morgan fingerprint density at radius 1 is 1.33 bits per heavy atom. The summed E-state index contributed by atoms with van der Waals surface area (Å²) in [5, 5.41) is 9.34. The number of fused-ring (bicyclic) bond motifs is 1. The number of aliphatic hydroxyl groups is 1. The fourth-order valence-corrected chi connectivity index (χ4v) is 3.20. The lowest BCUT2D eigenvalue weighted by atomic mass is 9.91. The molecule has 0 saturated carbocycles. The minimum atomic E-state index is -4.47. The van der Waals surface area contributed by atoms with Crippen molar-refractivity contribution in [2.45, 2.75) is 18.7 Å². The summed E-state index contributed by atoms with van der Waals surface area (Å²) < 4.78 is 43.2. The summed E-state index contributed by atoms with van der Waals surface area (Å²) in [7, 11) is 0. The van der Waals surface area contributed by atoms with Crippen LogP contribution in [0, 0.1) is 5.92 Å². The Labute approximate surface area is 123 Å². The Morgan fingerprint density at radius 2 is 2.10 bits per heavy atom. The van der Waals surface area contributed by atoms with E-state index >= 15 is 0 Å². The molecule has 2 atom stereocenters. The number of nitrogens with zero attached hydrogens (tertiary/aromatic N) is 1. The van der Waals surface area contributed by atoms with E-state index in [1.807, 2.05) is 24.3 Å². The van der Waals surface area contributed by atoms with Crippen molar-refractivity contribution in [3.05, 3.63) is 45.9 Å². The van der Waals surface area contributed by atoms with Gasteiger partial charge in [0, 0.05) is 12.1 Å². The molecule has 7 heteroatoms. The number of thiazole rings is 1. The van der Waals surface area contributed by atoms with Gasteiger partial charge in [-0.05, 0) is 18.1 Å². The molecule has 3 nitrogen and oxygen atoms in total. The third kappa shape index (κ3) is 2.89. The van der Waals surface area contributed by atoms with Crippen LogP contribution in [0.1, 0.15) is 21.6 Å². The fourth-order valence-electron chi connectivity index (χ4n) is 2.34. The highest BCUT2D eigenvalue weighted by Gasteiger charge is 2.36. The molecular weight excluding hydrogens is 303 g/mol. The molecule has 2 aromatic rings. The molecule has 1 aromatic carbocycles. The average Bonchev–Trinajstić information content (AvgIpc) is 2.96. The number of ether oxygens (including phenoxy) is 1. The van der Waals surface area contributed by atoms with Crippen molar-refractivity contribution in [3.63, 3.8) is 0 Å². The molecule has 0 saturated heterocycles. The van der Waals surface area contributed by atoms with Gasteiger partial charge in [-0.15, -0.1) is 11.3 Å². The van der Waals surface area contributed by atoms with Gasteiger partial charge in [-0.1, -0.05) is 18.2 Å². The zero-order valence-electron chi connectivity index (χ0n) is 10.8. The van der Waals surface area contributed by atoms with Crippen LogP contribution in [0.2, 0.25) is 0 Å². The number of benzene rings is 1. The fraction of sp³-hybridized carbons (Fsp3) is 0.357. The molecule has 2 heterocycles. The summed E-state index contributed by atoms with van der Waals surface area (Å²) in [6.45, 7) is 0.275. The smallest absolute Gasteiger partial charge is 0.443 e. The lowest BCUT2D eigenvalue weighted by Gasteiger charge is -2.28. The first-order chi connectivity index (χ1) is 9.95. The van der Waals surface area contributed by atoms with Crippen LogP contribution in [0.3, 0.4) is 0 Å². The van der Waals surface area contributed by atoms with Crippen molar-refractivity contribution in [1.82, 2.24) is 4.98 Å². The number of hydrogen-bond donors (Lipinski definition) is 1. The number of halogens is 3. The summed E-state index contributed by atoms with van der Waals surface area (Å²) in [6.07, 6.45) is -3.82. The van der Waals surface area contributed by atoms with Gasteiger partial charge in [0.2, 0.25) is 0 Å². The molecule has 0 spiro atoms. The van der Waals surface area contributed by atoms with Gasteiger partial charge in [0.05, 0.1) is 17.6 Å². The van der Waals surface area contributed by atoms with Gasteiger partial charge in [0.25, 0.3) is 0 Å². The van der Waals surface area contributed by atoms with Crippen LogP contribution >= 0.6 is 11.3 Å². The van der Waals surface area contributed by atoms with E-state index in [1.165, 1.54) is 0 Å². The van der Waals surface area contributed by atoms with E-state index in [0.717, 1.165) is 17.5 Å². The van der Waals surface area contributed by atoms with Crippen molar-refractivity contribution >= 4 is 11.3 Å². The first-order valence-corrected chi connectivity index (χ1v) is 7.18. The standard InChI is InChI=1S/C14H12F3NO2S/c15-14(16,17)13-18-6-11(21-13)12(19)9-5-8-3-1-2-4-10(8)20-7-9/h1-4,6,9,12,19H,5,7H2. The second-order valence-electron chi connectivity index (χ2n) is 4.89. The van der Waals surface area contributed by atoms with Gasteiger partial charge in [-0.2, -0.15) is 13.2 Å². The van der Waals surface area contributed by atoms with E-state index in [2.05, 4.69) is 4.98 Å². The molecule has 0 fully saturated rings. The molecule has 0 aliphatic carbocycles. The van der Waals surface area contributed by atoms with E-state index < -0.39 is 17.3 Å². The van der Waals surface area contributed by atoms with Crippen molar-refractivity contribution in [2.24, 2.45) is 5.92 Å². The number of alkyl halides is 3. The van der Waals surface area contributed by atoms with Crippen molar-refractivity contribution in [1.29, 1.82) is 0 Å². The molecule has 112 valence electrons. The predicted octanol–water partition coefficient (Wildman–Crippen LogP) is 3.45. The zero-order chi connectivity index (χ0) is 15.0. The number of aromatic nitrogens is 1. The Kier molecular flexibility index (Phi) is 3.62. The molecule has 21 heavy (non-hydrogen) atoms. The first kappa shape index (κ1) is 14.3. The van der Waals surface area contributed by atoms with Crippen LogP contribution in [0.4, 0.5) is 13.2 Å². The SMILES string of the molecule is OC(c1cnc(C(F)(F)F)s1)C1COc2ccccc2C1. The summed E-state index contributed by atoms with van der Waals surface area (Å²) in [5.74, 6) is 0.489. The molecule has 2 unspecified atom stereocenters. The molecule has 1 N–H and O–H groups in total. The predicted molar refractivity (Wildman–Crippen MR) is 71.2 cm³/mol.